The molecule has 0 spiro atoms. The maximum absolute atomic E-state index is 8.70. The van der Waals surface area contributed by atoms with Crippen LogP contribution in [-0.2, 0) is 20.1 Å². The molecule has 0 radical (unpaired) electrons. The SMILES string of the molecule is Cn1c(Cl)cnc1CNCc1ccc(C#N)cc1. The molecule has 0 aliphatic carbocycles. The highest BCUT2D eigenvalue weighted by Crippen LogP contribution is 2.09. The van der Waals surface area contributed by atoms with Gasteiger partial charge < -0.3 is 9.88 Å². The third-order valence-corrected chi connectivity index (χ3v) is 3.07. The molecule has 0 saturated carbocycles. The first kappa shape index (κ1) is 12.6. The molecular weight excluding hydrogens is 248 g/mol. The number of nitrogens with zero attached hydrogens (tertiary/aromatic N) is 3. The fraction of sp³-hybridized carbons (Fsp3) is 0.231. The van der Waals surface area contributed by atoms with Crippen molar-refractivity contribution in [2.45, 2.75) is 13.1 Å². The van der Waals surface area contributed by atoms with Crippen LogP contribution in [0.5, 0.6) is 0 Å². The average Bonchev–Trinajstić information content (AvgIpc) is 2.71. The molecular formula is C13H13ClN4. The quantitative estimate of drug-likeness (QED) is 0.917. The van der Waals surface area contributed by atoms with Gasteiger partial charge in [-0.25, -0.2) is 4.98 Å². The van der Waals surface area contributed by atoms with Crippen LogP contribution in [-0.4, -0.2) is 9.55 Å². The molecule has 0 unspecified atom stereocenters. The van der Waals surface area contributed by atoms with Crippen LogP contribution in [0, 0.1) is 11.3 Å². The lowest BCUT2D eigenvalue weighted by Crippen LogP contribution is -2.15. The average molecular weight is 261 g/mol. The maximum atomic E-state index is 8.70. The van der Waals surface area contributed by atoms with E-state index in [1.165, 1.54) is 0 Å². The molecule has 92 valence electrons. The summed E-state index contributed by atoms with van der Waals surface area (Å²) in [6, 6.07) is 9.61. The molecule has 18 heavy (non-hydrogen) atoms. The number of halogens is 1. The third kappa shape index (κ3) is 2.89. The lowest BCUT2D eigenvalue weighted by molar-refractivity contribution is 0.639. The molecule has 1 N–H and O–H groups in total. The van der Waals surface area contributed by atoms with Gasteiger partial charge in [-0.2, -0.15) is 5.26 Å². The standard InChI is InChI=1S/C13H13ClN4/c1-18-12(14)8-17-13(18)9-16-7-11-4-2-10(6-15)3-5-11/h2-5,8,16H,7,9H2,1H3. The zero-order valence-corrected chi connectivity index (χ0v) is 10.8. The van der Waals surface area contributed by atoms with Crippen LogP contribution in [0.1, 0.15) is 17.0 Å². The second-order valence-electron chi connectivity index (χ2n) is 3.97. The van der Waals surface area contributed by atoms with Crippen LogP contribution in [0.4, 0.5) is 0 Å². The van der Waals surface area contributed by atoms with Crippen molar-refractivity contribution in [1.82, 2.24) is 14.9 Å². The van der Waals surface area contributed by atoms with Crippen molar-refractivity contribution < 1.29 is 0 Å². The number of rotatable bonds is 4. The van der Waals surface area contributed by atoms with Gasteiger partial charge in [0.1, 0.15) is 11.0 Å². The van der Waals surface area contributed by atoms with Gasteiger partial charge >= 0.3 is 0 Å². The van der Waals surface area contributed by atoms with Crippen molar-refractivity contribution in [2.24, 2.45) is 7.05 Å². The van der Waals surface area contributed by atoms with Crippen molar-refractivity contribution in [3.63, 3.8) is 0 Å². The molecule has 4 nitrogen and oxygen atoms in total. The van der Waals surface area contributed by atoms with Gasteiger partial charge in [0.05, 0.1) is 24.4 Å². The molecule has 0 saturated heterocycles. The summed E-state index contributed by atoms with van der Waals surface area (Å²) in [4.78, 5) is 4.20. The van der Waals surface area contributed by atoms with Crippen LogP contribution >= 0.6 is 11.6 Å². The van der Waals surface area contributed by atoms with Crippen molar-refractivity contribution >= 4 is 11.6 Å². The first-order chi connectivity index (χ1) is 8.70. The van der Waals surface area contributed by atoms with Crippen LogP contribution in [0.2, 0.25) is 5.15 Å². The smallest absolute Gasteiger partial charge is 0.128 e. The minimum absolute atomic E-state index is 0.630. The van der Waals surface area contributed by atoms with E-state index in [9.17, 15) is 0 Å². The van der Waals surface area contributed by atoms with E-state index in [1.807, 2.05) is 35.9 Å². The number of imidazole rings is 1. The lowest BCUT2D eigenvalue weighted by Gasteiger charge is -2.05. The maximum Gasteiger partial charge on any atom is 0.128 e. The van der Waals surface area contributed by atoms with Crippen LogP contribution in [0.25, 0.3) is 0 Å². The highest BCUT2D eigenvalue weighted by atomic mass is 35.5. The molecule has 5 heteroatoms. The second-order valence-corrected chi connectivity index (χ2v) is 4.36. The molecule has 1 aromatic heterocycles. The topological polar surface area (TPSA) is 53.6 Å². The number of benzene rings is 1. The van der Waals surface area contributed by atoms with E-state index in [0.29, 0.717) is 17.3 Å². The van der Waals surface area contributed by atoms with E-state index >= 15 is 0 Å². The van der Waals surface area contributed by atoms with E-state index in [-0.39, 0.29) is 0 Å². The molecule has 1 aromatic carbocycles. The Labute approximate surface area is 111 Å². The summed E-state index contributed by atoms with van der Waals surface area (Å²) in [6.07, 6.45) is 1.64. The number of hydrogen-bond donors (Lipinski definition) is 1. The van der Waals surface area contributed by atoms with E-state index in [0.717, 1.165) is 17.9 Å². The summed E-state index contributed by atoms with van der Waals surface area (Å²) in [5, 5.41) is 12.6. The molecule has 0 bridgehead atoms. The van der Waals surface area contributed by atoms with Crippen molar-refractivity contribution in [3.8, 4) is 6.07 Å². The Morgan fingerprint density at radius 1 is 1.33 bits per heavy atom. The summed E-state index contributed by atoms with van der Waals surface area (Å²) in [6.45, 7) is 1.39. The molecule has 0 aliphatic rings. The van der Waals surface area contributed by atoms with Crippen molar-refractivity contribution in [3.05, 3.63) is 52.6 Å². The van der Waals surface area contributed by atoms with Crippen LogP contribution in [0.3, 0.4) is 0 Å². The predicted molar refractivity (Wildman–Crippen MR) is 69.9 cm³/mol. The van der Waals surface area contributed by atoms with Gasteiger partial charge in [-0.1, -0.05) is 23.7 Å². The van der Waals surface area contributed by atoms with Gasteiger partial charge in [0.15, 0.2) is 0 Å². The van der Waals surface area contributed by atoms with Gasteiger partial charge in [0.25, 0.3) is 0 Å². The summed E-state index contributed by atoms with van der Waals surface area (Å²) < 4.78 is 1.84. The summed E-state index contributed by atoms with van der Waals surface area (Å²) >= 11 is 5.90. The Bertz CT molecular complexity index is 566. The highest BCUT2D eigenvalue weighted by molar-refractivity contribution is 6.29. The summed E-state index contributed by atoms with van der Waals surface area (Å²) in [5.74, 6) is 0.897. The minimum atomic E-state index is 0.630. The summed E-state index contributed by atoms with van der Waals surface area (Å²) in [5.41, 5.74) is 1.81. The Balaban J connectivity index is 1.88. The largest absolute Gasteiger partial charge is 0.321 e. The fourth-order valence-corrected chi connectivity index (χ4v) is 1.75. The van der Waals surface area contributed by atoms with Crippen LogP contribution < -0.4 is 5.32 Å². The number of nitriles is 1. The van der Waals surface area contributed by atoms with Gasteiger partial charge in [-0.3, -0.25) is 0 Å². The Hall–Kier alpha value is -1.83. The Morgan fingerprint density at radius 3 is 2.61 bits per heavy atom. The van der Waals surface area contributed by atoms with E-state index in [4.69, 9.17) is 16.9 Å². The van der Waals surface area contributed by atoms with Gasteiger partial charge in [-0.05, 0) is 17.7 Å². The van der Waals surface area contributed by atoms with E-state index < -0.39 is 0 Å². The predicted octanol–water partition coefficient (Wildman–Crippen LogP) is 2.23. The number of aromatic nitrogens is 2. The van der Waals surface area contributed by atoms with E-state index in [1.54, 1.807) is 6.20 Å². The zero-order valence-electron chi connectivity index (χ0n) is 10.0. The fourth-order valence-electron chi connectivity index (χ4n) is 1.60. The first-order valence-electron chi connectivity index (χ1n) is 5.56. The Morgan fingerprint density at radius 2 is 2.06 bits per heavy atom. The minimum Gasteiger partial charge on any atom is -0.321 e. The first-order valence-corrected chi connectivity index (χ1v) is 5.94. The summed E-state index contributed by atoms with van der Waals surface area (Å²) in [7, 11) is 1.88. The van der Waals surface area contributed by atoms with Crippen molar-refractivity contribution in [2.75, 3.05) is 0 Å². The molecule has 0 atom stereocenters. The molecule has 2 aromatic rings. The second kappa shape index (κ2) is 5.67. The monoisotopic (exact) mass is 260 g/mol. The Kier molecular flexibility index (Phi) is 3.98. The molecule has 0 amide bonds. The zero-order chi connectivity index (χ0) is 13.0. The molecule has 2 rings (SSSR count). The highest BCUT2D eigenvalue weighted by Gasteiger charge is 2.03. The normalized spacial score (nSPS) is 10.3. The number of nitrogens with one attached hydrogen (secondary N) is 1. The van der Waals surface area contributed by atoms with Crippen molar-refractivity contribution in [1.29, 1.82) is 5.26 Å². The molecule has 0 aliphatic heterocycles. The lowest BCUT2D eigenvalue weighted by atomic mass is 10.1. The van der Waals surface area contributed by atoms with Crippen LogP contribution in [0.15, 0.2) is 30.5 Å². The van der Waals surface area contributed by atoms with Gasteiger partial charge in [0, 0.05) is 13.6 Å². The molecule has 0 fully saturated rings. The van der Waals surface area contributed by atoms with Gasteiger partial charge in [-0.15, -0.1) is 0 Å². The third-order valence-electron chi connectivity index (χ3n) is 2.72. The number of hydrogen-bond acceptors (Lipinski definition) is 3. The van der Waals surface area contributed by atoms with E-state index in [2.05, 4.69) is 16.4 Å². The van der Waals surface area contributed by atoms with Gasteiger partial charge in [0.2, 0.25) is 0 Å². The molecule has 1 heterocycles.